The van der Waals surface area contributed by atoms with Crippen LogP contribution in [0.15, 0.2) is 77.0 Å². The molecule has 3 rings (SSSR count). The third-order valence-electron chi connectivity index (χ3n) is 4.42. The first-order chi connectivity index (χ1) is 15.6. The lowest BCUT2D eigenvalue weighted by Crippen LogP contribution is -2.35. The zero-order chi connectivity index (χ0) is 22.8. The van der Waals surface area contributed by atoms with Gasteiger partial charge in [0.05, 0.1) is 13.4 Å². The van der Waals surface area contributed by atoms with Gasteiger partial charge in [-0.3, -0.25) is 9.59 Å². The van der Waals surface area contributed by atoms with Crippen molar-refractivity contribution >= 4 is 29.7 Å². The number of nitrogens with one attached hydrogen (secondary N) is 2. The van der Waals surface area contributed by atoms with Crippen molar-refractivity contribution in [3.63, 3.8) is 0 Å². The highest BCUT2D eigenvalue weighted by Crippen LogP contribution is 2.15. The number of benzene rings is 2. The van der Waals surface area contributed by atoms with Crippen LogP contribution in [-0.4, -0.2) is 31.2 Å². The molecule has 0 atom stereocenters. The Balaban J connectivity index is 1.57. The van der Waals surface area contributed by atoms with Crippen molar-refractivity contribution in [2.24, 2.45) is 0 Å². The lowest BCUT2D eigenvalue weighted by atomic mass is 10.2. The van der Waals surface area contributed by atoms with Gasteiger partial charge in [-0.15, -0.1) is 0 Å². The molecule has 0 radical (unpaired) electrons. The second-order valence-corrected chi connectivity index (χ2v) is 7.76. The number of ether oxygens (including phenoxy) is 1. The van der Waals surface area contributed by atoms with E-state index in [1.165, 1.54) is 37.3 Å². The molecule has 6 nitrogen and oxygen atoms in total. The van der Waals surface area contributed by atoms with Crippen LogP contribution >= 0.6 is 11.8 Å². The van der Waals surface area contributed by atoms with Crippen LogP contribution in [0.25, 0.3) is 6.08 Å². The van der Waals surface area contributed by atoms with Crippen LogP contribution in [-0.2, 0) is 10.5 Å². The van der Waals surface area contributed by atoms with E-state index in [1.807, 2.05) is 0 Å². The first kappa shape index (κ1) is 23.1. The van der Waals surface area contributed by atoms with Crippen molar-refractivity contribution in [2.75, 3.05) is 19.4 Å². The van der Waals surface area contributed by atoms with Crippen molar-refractivity contribution in [1.82, 2.24) is 10.6 Å². The highest BCUT2D eigenvalue weighted by atomic mass is 32.2. The summed E-state index contributed by atoms with van der Waals surface area (Å²) in [7, 11) is 1.54. The van der Waals surface area contributed by atoms with E-state index >= 15 is 0 Å². The molecular weight excluding hydrogens is 431 g/mol. The van der Waals surface area contributed by atoms with Crippen LogP contribution in [0.2, 0.25) is 0 Å². The number of amides is 2. The number of carbonyl (C=O) groups is 2. The summed E-state index contributed by atoms with van der Waals surface area (Å²) in [5.74, 6) is 1.02. The molecule has 2 amide bonds. The molecule has 1 heterocycles. The first-order valence-corrected chi connectivity index (χ1v) is 11.0. The maximum atomic E-state index is 13.7. The number of halogens is 1. The minimum Gasteiger partial charge on any atom is -0.497 e. The summed E-state index contributed by atoms with van der Waals surface area (Å²) >= 11 is 1.50. The fraction of sp³-hybridized carbons (Fsp3) is 0.167. The topological polar surface area (TPSA) is 80.6 Å². The first-order valence-electron chi connectivity index (χ1n) is 9.87. The van der Waals surface area contributed by atoms with Gasteiger partial charge < -0.3 is 19.8 Å². The van der Waals surface area contributed by atoms with E-state index < -0.39 is 11.8 Å². The highest BCUT2D eigenvalue weighted by Gasteiger charge is 2.15. The summed E-state index contributed by atoms with van der Waals surface area (Å²) in [6.45, 7) is 0.353. The van der Waals surface area contributed by atoms with Crippen molar-refractivity contribution in [1.29, 1.82) is 0 Å². The van der Waals surface area contributed by atoms with E-state index in [4.69, 9.17) is 9.15 Å². The van der Waals surface area contributed by atoms with Gasteiger partial charge in [0.25, 0.3) is 11.8 Å². The number of carbonyl (C=O) groups excluding carboxylic acids is 2. The molecule has 2 N–H and O–H groups in total. The molecule has 2 aromatic carbocycles. The number of hydrogen-bond acceptors (Lipinski definition) is 5. The molecular formula is C24H23FN2O4S. The summed E-state index contributed by atoms with van der Waals surface area (Å²) in [4.78, 5) is 25.3. The second-order valence-electron chi connectivity index (χ2n) is 6.66. The molecule has 0 saturated carbocycles. The molecule has 3 aromatic rings. The Morgan fingerprint density at radius 2 is 1.88 bits per heavy atom. The number of methoxy groups -OCH3 is 1. The van der Waals surface area contributed by atoms with E-state index in [0.29, 0.717) is 40.7 Å². The quantitative estimate of drug-likeness (QED) is 0.354. The van der Waals surface area contributed by atoms with E-state index in [9.17, 15) is 14.0 Å². The molecule has 0 aliphatic heterocycles. The van der Waals surface area contributed by atoms with Crippen molar-refractivity contribution in [2.45, 2.75) is 5.75 Å². The van der Waals surface area contributed by atoms with Crippen molar-refractivity contribution < 1.29 is 23.1 Å². The highest BCUT2D eigenvalue weighted by molar-refractivity contribution is 7.98. The summed E-state index contributed by atoms with van der Waals surface area (Å²) in [5.41, 5.74) is 1.05. The molecule has 0 bridgehead atoms. The molecule has 0 aliphatic carbocycles. The lowest BCUT2D eigenvalue weighted by Gasteiger charge is -2.11. The Bertz CT molecular complexity index is 1070. The summed E-state index contributed by atoms with van der Waals surface area (Å²) in [5, 5.41) is 5.41. The van der Waals surface area contributed by atoms with Gasteiger partial charge in [-0.2, -0.15) is 11.8 Å². The minimum absolute atomic E-state index is 0.0554. The number of furan rings is 1. The fourth-order valence-corrected chi connectivity index (χ4v) is 3.59. The van der Waals surface area contributed by atoms with Gasteiger partial charge in [0.1, 0.15) is 23.0 Å². The third-order valence-corrected chi connectivity index (χ3v) is 5.43. The van der Waals surface area contributed by atoms with E-state index in [0.717, 1.165) is 0 Å². The third kappa shape index (κ3) is 6.75. The maximum Gasteiger partial charge on any atom is 0.267 e. The van der Waals surface area contributed by atoms with E-state index in [2.05, 4.69) is 10.6 Å². The van der Waals surface area contributed by atoms with Crippen LogP contribution in [0.3, 0.4) is 0 Å². The average Bonchev–Trinajstić information content (AvgIpc) is 3.32. The second kappa shape index (κ2) is 11.8. The van der Waals surface area contributed by atoms with Crippen LogP contribution < -0.4 is 15.4 Å². The van der Waals surface area contributed by atoms with Gasteiger partial charge in [0.15, 0.2) is 0 Å². The van der Waals surface area contributed by atoms with Crippen LogP contribution in [0.1, 0.15) is 21.7 Å². The van der Waals surface area contributed by atoms with Gasteiger partial charge in [0, 0.05) is 29.7 Å². The molecule has 0 unspecified atom stereocenters. The van der Waals surface area contributed by atoms with Gasteiger partial charge in [-0.1, -0.05) is 18.2 Å². The zero-order valence-corrected chi connectivity index (χ0v) is 18.3. The minimum atomic E-state index is -0.449. The largest absolute Gasteiger partial charge is 0.497 e. The SMILES string of the molecule is COc1ccc(C(=O)N/C(=C\c2ccco2)C(=O)NCCSCc2ccccc2F)cc1. The Morgan fingerprint density at radius 1 is 1.09 bits per heavy atom. The van der Waals surface area contributed by atoms with Crippen LogP contribution in [0.4, 0.5) is 4.39 Å². The van der Waals surface area contributed by atoms with E-state index in [-0.39, 0.29) is 11.5 Å². The zero-order valence-electron chi connectivity index (χ0n) is 17.5. The maximum absolute atomic E-state index is 13.7. The molecule has 0 fully saturated rings. The predicted octanol–water partition coefficient (Wildman–Crippen LogP) is 4.25. The van der Waals surface area contributed by atoms with Crippen molar-refractivity contribution in [3.8, 4) is 5.75 Å². The average molecular weight is 455 g/mol. The number of thioether (sulfide) groups is 1. The van der Waals surface area contributed by atoms with Crippen LogP contribution in [0.5, 0.6) is 5.75 Å². The van der Waals surface area contributed by atoms with Gasteiger partial charge >= 0.3 is 0 Å². The van der Waals surface area contributed by atoms with Crippen LogP contribution in [0, 0.1) is 5.82 Å². The Kier molecular flexibility index (Phi) is 8.51. The van der Waals surface area contributed by atoms with Crippen molar-refractivity contribution in [3.05, 3.63) is 95.3 Å². The van der Waals surface area contributed by atoms with Gasteiger partial charge in [-0.25, -0.2) is 4.39 Å². The fourth-order valence-electron chi connectivity index (χ4n) is 2.74. The Hall–Kier alpha value is -3.52. The molecule has 0 aliphatic rings. The Labute approximate surface area is 189 Å². The summed E-state index contributed by atoms with van der Waals surface area (Å²) in [6.07, 6.45) is 2.94. The molecule has 1 aromatic heterocycles. The molecule has 32 heavy (non-hydrogen) atoms. The normalized spacial score (nSPS) is 11.1. The molecule has 0 spiro atoms. The number of hydrogen-bond donors (Lipinski definition) is 2. The predicted molar refractivity (Wildman–Crippen MR) is 123 cm³/mol. The molecule has 8 heteroatoms. The monoisotopic (exact) mass is 454 g/mol. The number of rotatable bonds is 10. The lowest BCUT2D eigenvalue weighted by molar-refractivity contribution is -0.117. The standard InChI is InChI=1S/C24H23FN2O4S/c1-30-19-10-8-17(9-11-19)23(28)27-22(15-20-6-4-13-31-20)24(29)26-12-14-32-16-18-5-2-3-7-21(18)25/h2-11,13,15H,12,14,16H2,1H3,(H,26,29)(H,27,28)/b22-15-. The smallest absolute Gasteiger partial charge is 0.267 e. The molecule has 0 saturated heterocycles. The molecule has 166 valence electrons. The van der Waals surface area contributed by atoms with Gasteiger partial charge in [-0.05, 0) is 48.0 Å². The van der Waals surface area contributed by atoms with Gasteiger partial charge in [0.2, 0.25) is 0 Å². The summed E-state index contributed by atoms with van der Waals surface area (Å²) in [6, 6.07) is 16.5. The summed E-state index contributed by atoms with van der Waals surface area (Å²) < 4.78 is 24.0. The van der Waals surface area contributed by atoms with E-state index in [1.54, 1.807) is 54.6 Å². The Morgan fingerprint density at radius 3 is 2.56 bits per heavy atom.